The zero-order chi connectivity index (χ0) is 29.4. The van der Waals surface area contributed by atoms with E-state index in [4.69, 9.17) is 0 Å². The van der Waals surface area contributed by atoms with Crippen molar-refractivity contribution >= 4 is 27.7 Å². The van der Waals surface area contributed by atoms with Crippen molar-refractivity contribution in [3.05, 3.63) is 102 Å². The highest BCUT2D eigenvalue weighted by atomic mass is 32.2. The average Bonchev–Trinajstić information content (AvgIpc) is 2.90. The average molecular weight is 573 g/mol. The van der Waals surface area contributed by atoms with E-state index in [1.54, 1.807) is 13.8 Å². The number of benzene rings is 3. The van der Waals surface area contributed by atoms with Crippen LogP contribution in [0, 0.1) is 11.6 Å². The third kappa shape index (κ3) is 8.09. The van der Waals surface area contributed by atoms with Crippen LogP contribution in [-0.2, 0) is 32.8 Å². The highest BCUT2D eigenvalue weighted by Gasteiger charge is 2.34. The van der Waals surface area contributed by atoms with Crippen molar-refractivity contribution in [3.63, 3.8) is 0 Å². The first-order valence-electron chi connectivity index (χ1n) is 12.7. The fraction of sp³-hybridized carbons (Fsp3) is 0.310. The molecule has 214 valence electrons. The van der Waals surface area contributed by atoms with E-state index in [-0.39, 0.29) is 24.7 Å². The third-order valence-corrected chi connectivity index (χ3v) is 7.92. The lowest BCUT2D eigenvalue weighted by Crippen LogP contribution is -2.55. The third-order valence-electron chi connectivity index (χ3n) is 6.10. The summed E-state index contributed by atoms with van der Waals surface area (Å²) in [7, 11) is -1.55. The summed E-state index contributed by atoms with van der Waals surface area (Å²) < 4.78 is 55.7. The number of amides is 2. The standard InChI is InChI=1S/C29H34F2N4O4S/c1-21(2)32-29(37)27(18-22-8-6-5-7-9-22)34(19-23-10-12-24(30)13-11-23)28(36)20-35(40(38,39)33(3)4)26-16-14-25(31)15-17-26/h5-17,21,27H,18-20H2,1-4H3,(H,32,37)/t27-/m1/s1. The molecule has 0 saturated heterocycles. The van der Waals surface area contributed by atoms with E-state index in [1.807, 2.05) is 30.3 Å². The van der Waals surface area contributed by atoms with E-state index >= 15 is 0 Å². The summed E-state index contributed by atoms with van der Waals surface area (Å²) in [6.45, 7) is 2.85. The van der Waals surface area contributed by atoms with Crippen molar-refractivity contribution in [2.24, 2.45) is 0 Å². The fourth-order valence-electron chi connectivity index (χ4n) is 4.05. The van der Waals surface area contributed by atoms with Crippen LogP contribution in [-0.4, -0.2) is 62.2 Å². The predicted molar refractivity (Wildman–Crippen MR) is 151 cm³/mol. The second kappa shape index (κ2) is 13.5. The largest absolute Gasteiger partial charge is 0.352 e. The van der Waals surface area contributed by atoms with Gasteiger partial charge in [-0.15, -0.1) is 0 Å². The number of rotatable bonds is 12. The van der Waals surface area contributed by atoms with E-state index in [0.29, 0.717) is 5.56 Å². The number of halogens is 2. The predicted octanol–water partition coefficient (Wildman–Crippen LogP) is 3.74. The van der Waals surface area contributed by atoms with E-state index in [1.165, 1.54) is 55.4 Å². The maximum absolute atomic E-state index is 14.0. The molecule has 1 atom stereocenters. The molecular weight excluding hydrogens is 538 g/mol. The highest BCUT2D eigenvalue weighted by molar-refractivity contribution is 7.90. The molecular formula is C29H34F2N4O4S. The lowest BCUT2D eigenvalue weighted by molar-refractivity contribution is -0.140. The molecule has 0 radical (unpaired) electrons. The zero-order valence-corrected chi connectivity index (χ0v) is 23.7. The van der Waals surface area contributed by atoms with Crippen LogP contribution < -0.4 is 9.62 Å². The fourth-order valence-corrected chi connectivity index (χ4v) is 5.10. The molecule has 0 aliphatic carbocycles. The molecule has 3 aromatic carbocycles. The number of carbonyl (C=O) groups is 2. The Morgan fingerprint density at radius 3 is 1.90 bits per heavy atom. The maximum atomic E-state index is 14.0. The maximum Gasteiger partial charge on any atom is 0.304 e. The van der Waals surface area contributed by atoms with Gasteiger partial charge in [0.2, 0.25) is 11.8 Å². The summed E-state index contributed by atoms with van der Waals surface area (Å²) in [5.41, 5.74) is 1.42. The smallest absolute Gasteiger partial charge is 0.304 e. The van der Waals surface area contributed by atoms with Crippen molar-refractivity contribution in [1.82, 2.24) is 14.5 Å². The Hall–Kier alpha value is -3.83. The summed E-state index contributed by atoms with van der Waals surface area (Å²) >= 11 is 0. The molecule has 0 unspecified atom stereocenters. The highest BCUT2D eigenvalue weighted by Crippen LogP contribution is 2.22. The number of nitrogens with one attached hydrogen (secondary N) is 1. The Labute approximate surface area is 234 Å². The van der Waals surface area contributed by atoms with Crippen LogP contribution in [0.5, 0.6) is 0 Å². The van der Waals surface area contributed by atoms with Gasteiger partial charge in [-0.05, 0) is 61.4 Å². The molecule has 40 heavy (non-hydrogen) atoms. The van der Waals surface area contributed by atoms with Gasteiger partial charge in [0.05, 0.1) is 5.69 Å². The molecule has 3 rings (SSSR count). The molecule has 0 aliphatic heterocycles. The van der Waals surface area contributed by atoms with Crippen molar-refractivity contribution in [1.29, 1.82) is 0 Å². The van der Waals surface area contributed by atoms with Gasteiger partial charge in [-0.2, -0.15) is 12.7 Å². The molecule has 0 heterocycles. The van der Waals surface area contributed by atoms with Crippen LogP contribution in [0.2, 0.25) is 0 Å². The monoisotopic (exact) mass is 572 g/mol. The van der Waals surface area contributed by atoms with Crippen molar-refractivity contribution < 1.29 is 26.8 Å². The number of hydrogen-bond donors (Lipinski definition) is 1. The number of carbonyl (C=O) groups excluding carboxylic acids is 2. The Morgan fingerprint density at radius 2 is 1.38 bits per heavy atom. The van der Waals surface area contributed by atoms with Gasteiger partial charge in [0, 0.05) is 33.1 Å². The van der Waals surface area contributed by atoms with E-state index in [2.05, 4.69) is 5.32 Å². The zero-order valence-electron chi connectivity index (χ0n) is 22.9. The molecule has 1 N–H and O–H groups in total. The van der Waals surface area contributed by atoms with Gasteiger partial charge >= 0.3 is 10.2 Å². The van der Waals surface area contributed by atoms with Gasteiger partial charge in [0.15, 0.2) is 0 Å². The van der Waals surface area contributed by atoms with Crippen molar-refractivity contribution in [3.8, 4) is 0 Å². The molecule has 0 bridgehead atoms. The second-order valence-corrected chi connectivity index (χ2v) is 11.9. The van der Waals surface area contributed by atoms with Crippen LogP contribution in [0.3, 0.4) is 0 Å². The first kappa shape index (κ1) is 30.7. The van der Waals surface area contributed by atoms with Crippen molar-refractivity contribution in [2.45, 2.75) is 38.9 Å². The van der Waals surface area contributed by atoms with Crippen LogP contribution in [0.25, 0.3) is 0 Å². The Bertz CT molecular complexity index is 1380. The Balaban J connectivity index is 2.08. The van der Waals surface area contributed by atoms with Gasteiger partial charge in [-0.25, -0.2) is 13.1 Å². The summed E-state index contributed by atoms with van der Waals surface area (Å²) in [4.78, 5) is 28.8. The molecule has 0 spiro atoms. The van der Waals surface area contributed by atoms with Gasteiger partial charge in [-0.1, -0.05) is 42.5 Å². The van der Waals surface area contributed by atoms with Crippen LogP contribution in [0.4, 0.5) is 14.5 Å². The summed E-state index contributed by atoms with van der Waals surface area (Å²) in [6, 6.07) is 18.1. The first-order chi connectivity index (χ1) is 18.9. The van der Waals surface area contributed by atoms with Crippen LogP contribution in [0.1, 0.15) is 25.0 Å². The molecule has 0 saturated carbocycles. The topological polar surface area (TPSA) is 90.0 Å². The lowest BCUT2D eigenvalue weighted by atomic mass is 10.0. The molecule has 3 aromatic rings. The summed E-state index contributed by atoms with van der Waals surface area (Å²) in [5, 5.41) is 2.86. The molecule has 0 aromatic heterocycles. The van der Waals surface area contributed by atoms with E-state index in [0.717, 1.165) is 26.3 Å². The van der Waals surface area contributed by atoms with Gasteiger partial charge in [0.25, 0.3) is 0 Å². The number of hydrogen-bond acceptors (Lipinski definition) is 4. The lowest BCUT2D eigenvalue weighted by Gasteiger charge is -2.34. The molecule has 0 fully saturated rings. The number of nitrogens with zero attached hydrogens (tertiary/aromatic N) is 3. The summed E-state index contributed by atoms with van der Waals surface area (Å²) in [5.74, 6) is -2.11. The first-order valence-corrected chi connectivity index (χ1v) is 14.1. The number of anilines is 1. The van der Waals surface area contributed by atoms with Gasteiger partial charge in [-0.3, -0.25) is 9.59 Å². The van der Waals surface area contributed by atoms with Crippen molar-refractivity contribution in [2.75, 3.05) is 24.9 Å². The van der Waals surface area contributed by atoms with Crippen LogP contribution >= 0.6 is 0 Å². The van der Waals surface area contributed by atoms with Gasteiger partial charge < -0.3 is 10.2 Å². The normalized spacial score (nSPS) is 12.3. The van der Waals surface area contributed by atoms with Crippen LogP contribution in [0.15, 0.2) is 78.9 Å². The van der Waals surface area contributed by atoms with E-state index in [9.17, 15) is 26.8 Å². The second-order valence-electron chi connectivity index (χ2n) is 9.79. The quantitative estimate of drug-likeness (QED) is 0.358. The van der Waals surface area contributed by atoms with Gasteiger partial charge in [0.1, 0.15) is 24.2 Å². The molecule has 0 aliphatic rings. The van der Waals surface area contributed by atoms with E-state index < -0.39 is 46.2 Å². The molecule has 2 amide bonds. The Kier molecular flexibility index (Phi) is 10.4. The minimum absolute atomic E-state index is 0.0800. The Morgan fingerprint density at radius 1 is 0.825 bits per heavy atom. The SMILES string of the molecule is CC(C)NC(=O)[C@@H](Cc1ccccc1)N(Cc1ccc(F)cc1)C(=O)CN(c1ccc(F)cc1)S(=O)(=O)N(C)C. The molecule has 11 heteroatoms. The minimum Gasteiger partial charge on any atom is -0.352 e. The molecule has 8 nitrogen and oxygen atoms in total. The summed E-state index contributed by atoms with van der Waals surface area (Å²) in [6.07, 6.45) is 0.156. The minimum atomic E-state index is -4.19.